The Hall–Kier alpha value is -1.91. The fraction of sp³-hybridized carbons (Fsp3) is 0.533. The van der Waals surface area contributed by atoms with Crippen LogP contribution in [0.2, 0.25) is 0 Å². The summed E-state index contributed by atoms with van der Waals surface area (Å²) < 4.78 is 5.13. The summed E-state index contributed by atoms with van der Waals surface area (Å²) in [4.78, 5) is 21.5. The van der Waals surface area contributed by atoms with Crippen molar-refractivity contribution in [3.63, 3.8) is 0 Å². The van der Waals surface area contributed by atoms with Gasteiger partial charge in [0, 0.05) is 18.6 Å². The molecule has 5 nitrogen and oxygen atoms in total. The number of nitrogens with zero attached hydrogens (tertiary/aromatic N) is 1. The van der Waals surface area contributed by atoms with Crippen LogP contribution in [-0.4, -0.2) is 10.9 Å². The van der Waals surface area contributed by atoms with Crippen molar-refractivity contribution < 1.29 is 14.5 Å². The lowest BCUT2D eigenvalue weighted by Gasteiger charge is -2.05. The zero-order chi connectivity index (χ0) is 14.8. The highest BCUT2D eigenvalue weighted by Crippen LogP contribution is 2.13. The minimum Gasteiger partial charge on any atom is -0.461 e. The first-order valence-corrected chi connectivity index (χ1v) is 7.02. The summed E-state index contributed by atoms with van der Waals surface area (Å²) in [6.45, 7) is 2.32. The third-order valence-corrected chi connectivity index (χ3v) is 3.03. The highest BCUT2D eigenvalue weighted by molar-refractivity contribution is 5.69. The summed E-state index contributed by atoms with van der Waals surface area (Å²) in [6, 6.07) is 6.03. The van der Waals surface area contributed by atoms with Crippen LogP contribution in [0.5, 0.6) is 0 Å². The van der Waals surface area contributed by atoms with E-state index in [1.165, 1.54) is 25.0 Å². The molecule has 0 aromatic heterocycles. The van der Waals surface area contributed by atoms with Gasteiger partial charge in [-0.1, -0.05) is 32.6 Å². The number of rotatable bonds is 9. The Morgan fingerprint density at radius 2 is 1.80 bits per heavy atom. The van der Waals surface area contributed by atoms with Crippen LogP contribution in [0.1, 0.15) is 51.0 Å². The van der Waals surface area contributed by atoms with Crippen LogP contribution < -0.4 is 0 Å². The van der Waals surface area contributed by atoms with Gasteiger partial charge in [-0.15, -0.1) is 0 Å². The van der Waals surface area contributed by atoms with Crippen molar-refractivity contribution in [1.82, 2.24) is 0 Å². The molecule has 0 heterocycles. The van der Waals surface area contributed by atoms with Gasteiger partial charge in [0.2, 0.25) is 0 Å². The van der Waals surface area contributed by atoms with Crippen LogP contribution in [-0.2, 0) is 16.1 Å². The van der Waals surface area contributed by atoms with Crippen LogP contribution in [0.25, 0.3) is 0 Å². The van der Waals surface area contributed by atoms with E-state index in [0.29, 0.717) is 6.42 Å². The Morgan fingerprint density at radius 3 is 2.40 bits per heavy atom. The molecule has 0 spiro atoms. The molecule has 0 saturated carbocycles. The third kappa shape index (κ3) is 6.31. The van der Waals surface area contributed by atoms with Gasteiger partial charge in [0.25, 0.3) is 5.69 Å². The number of nitro benzene ring substituents is 1. The number of non-ortho nitro benzene ring substituents is 1. The summed E-state index contributed by atoms with van der Waals surface area (Å²) in [7, 11) is 0. The first-order chi connectivity index (χ1) is 9.63. The smallest absolute Gasteiger partial charge is 0.306 e. The lowest BCUT2D eigenvalue weighted by atomic mass is 10.1. The average molecular weight is 279 g/mol. The number of nitro groups is 1. The van der Waals surface area contributed by atoms with Gasteiger partial charge in [-0.05, 0) is 24.1 Å². The van der Waals surface area contributed by atoms with Gasteiger partial charge in [0.15, 0.2) is 0 Å². The van der Waals surface area contributed by atoms with Gasteiger partial charge in [-0.25, -0.2) is 0 Å². The summed E-state index contributed by atoms with van der Waals surface area (Å²) in [5, 5.41) is 10.5. The van der Waals surface area contributed by atoms with Crippen molar-refractivity contribution in [2.75, 3.05) is 0 Å². The number of carbonyl (C=O) groups is 1. The molecule has 0 atom stereocenters. The maximum Gasteiger partial charge on any atom is 0.306 e. The number of unbranched alkanes of at least 4 members (excludes halogenated alkanes) is 4. The average Bonchev–Trinajstić information content (AvgIpc) is 2.45. The predicted octanol–water partition coefficient (Wildman–Crippen LogP) is 4.00. The van der Waals surface area contributed by atoms with Crippen LogP contribution in [0.4, 0.5) is 5.69 Å². The first kappa shape index (κ1) is 16.1. The number of hydrogen-bond donors (Lipinski definition) is 0. The van der Waals surface area contributed by atoms with Gasteiger partial charge in [0.1, 0.15) is 6.61 Å². The minimum absolute atomic E-state index is 0.0380. The molecule has 0 amide bonds. The SMILES string of the molecule is CCCCCCCC(=O)OCc1ccc([N+](=O)[O-])cc1. The van der Waals surface area contributed by atoms with Crippen molar-refractivity contribution in [3.8, 4) is 0 Å². The van der Waals surface area contributed by atoms with Crippen molar-refractivity contribution in [1.29, 1.82) is 0 Å². The van der Waals surface area contributed by atoms with Crippen LogP contribution in [0, 0.1) is 10.1 Å². The number of hydrogen-bond acceptors (Lipinski definition) is 4. The molecule has 110 valence electrons. The lowest BCUT2D eigenvalue weighted by molar-refractivity contribution is -0.384. The van der Waals surface area contributed by atoms with E-state index >= 15 is 0 Å². The van der Waals surface area contributed by atoms with E-state index in [1.807, 2.05) is 0 Å². The van der Waals surface area contributed by atoms with Crippen LogP contribution in [0.15, 0.2) is 24.3 Å². The molecule has 0 fully saturated rings. The van der Waals surface area contributed by atoms with Gasteiger partial charge in [-0.3, -0.25) is 14.9 Å². The Bertz CT molecular complexity index is 428. The molecule has 0 aliphatic heterocycles. The number of esters is 1. The second-order valence-electron chi connectivity index (χ2n) is 4.75. The lowest BCUT2D eigenvalue weighted by Crippen LogP contribution is -2.04. The van der Waals surface area contributed by atoms with Gasteiger partial charge in [0.05, 0.1) is 4.92 Å². The molecule has 5 heteroatoms. The Kier molecular flexibility index (Phi) is 7.32. The van der Waals surface area contributed by atoms with E-state index in [0.717, 1.165) is 24.8 Å². The summed E-state index contributed by atoms with van der Waals surface area (Å²) in [5.74, 6) is -0.208. The molecule has 0 aliphatic carbocycles. The molecule has 1 aromatic carbocycles. The normalized spacial score (nSPS) is 10.2. The molecule has 0 unspecified atom stereocenters. The molecule has 0 bridgehead atoms. The van der Waals surface area contributed by atoms with Crippen molar-refractivity contribution in [3.05, 3.63) is 39.9 Å². The van der Waals surface area contributed by atoms with E-state index < -0.39 is 4.92 Å². The van der Waals surface area contributed by atoms with Gasteiger partial charge >= 0.3 is 5.97 Å². The summed E-state index contributed by atoms with van der Waals surface area (Å²) in [5.41, 5.74) is 0.797. The monoisotopic (exact) mass is 279 g/mol. The predicted molar refractivity (Wildman–Crippen MR) is 76.3 cm³/mol. The standard InChI is InChI=1S/C15H21NO4/c1-2-3-4-5-6-7-15(17)20-12-13-8-10-14(11-9-13)16(18)19/h8-11H,2-7,12H2,1H3. The molecule has 0 radical (unpaired) electrons. The largest absolute Gasteiger partial charge is 0.461 e. The van der Waals surface area contributed by atoms with Gasteiger partial charge < -0.3 is 4.74 Å². The van der Waals surface area contributed by atoms with Crippen molar-refractivity contribution in [2.45, 2.75) is 52.1 Å². The Labute approximate surface area is 119 Å². The summed E-state index contributed by atoms with van der Waals surface area (Å²) >= 11 is 0. The maximum absolute atomic E-state index is 11.5. The molecule has 0 aliphatic rings. The number of ether oxygens (including phenoxy) is 1. The third-order valence-electron chi connectivity index (χ3n) is 3.03. The van der Waals surface area contributed by atoms with E-state index in [4.69, 9.17) is 4.74 Å². The van der Waals surface area contributed by atoms with E-state index in [2.05, 4.69) is 6.92 Å². The molecule has 20 heavy (non-hydrogen) atoms. The van der Waals surface area contributed by atoms with E-state index in [9.17, 15) is 14.9 Å². The zero-order valence-electron chi connectivity index (χ0n) is 11.8. The number of carbonyl (C=O) groups excluding carboxylic acids is 1. The van der Waals surface area contributed by atoms with Crippen molar-refractivity contribution in [2.24, 2.45) is 0 Å². The highest BCUT2D eigenvalue weighted by Gasteiger charge is 2.06. The fourth-order valence-electron chi connectivity index (χ4n) is 1.82. The summed E-state index contributed by atoms with van der Waals surface area (Å²) in [6.07, 6.45) is 5.91. The maximum atomic E-state index is 11.5. The molecular weight excluding hydrogens is 258 g/mol. The molecule has 0 saturated heterocycles. The zero-order valence-corrected chi connectivity index (χ0v) is 11.8. The Balaban J connectivity index is 2.22. The Morgan fingerprint density at radius 1 is 1.15 bits per heavy atom. The second-order valence-corrected chi connectivity index (χ2v) is 4.75. The molecule has 1 aromatic rings. The highest BCUT2D eigenvalue weighted by atomic mass is 16.6. The van der Waals surface area contributed by atoms with Gasteiger partial charge in [-0.2, -0.15) is 0 Å². The molecule has 0 N–H and O–H groups in total. The fourth-order valence-corrected chi connectivity index (χ4v) is 1.82. The molecular formula is C15H21NO4. The first-order valence-electron chi connectivity index (χ1n) is 7.02. The van der Waals surface area contributed by atoms with E-state index in [1.54, 1.807) is 12.1 Å². The van der Waals surface area contributed by atoms with Crippen LogP contribution in [0.3, 0.4) is 0 Å². The number of benzene rings is 1. The van der Waals surface area contributed by atoms with E-state index in [-0.39, 0.29) is 18.3 Å². The second kappa shape index (κ2) is 9.07. The van der Waals surface area contributed by atoms with Crippen LogP contribution >= 0.6 is 0 Å². The van der Waals surface area contributed by atoms with Crippen molar-refractivity contribution >= 4 is 11.7 Å². The molecule has 1 rings (SSSR count). The minimum atomic E-state index is -0.452. The quantitative estimate of drug-likeness (QED) is 0.296. The topological polar surface area (TPSA) is 69.4 Å².